The van der Waals surface area contributed by atoms with E-state index in [1.54, 1.807) is 27.6 Å². The van der Waals surface area contributed by atoms with Crippen molar-refractivity contribution in [3.63, 3.8) is 0 Å². The Kier molecular flexibility index (Phi) is 13.6. The number of methoxy groups -OCH3 is 1. The van der Waals surface area contributed by atoms with Crippen LogP contribution < -0.4 is 10.6 Å². The number of aryl methyl sites for hydroxylation is 3. The van der Waals surface area contributed by atoms with Gasteiger partial charge in [-0.3, -0.25) is 28.7 Å². The van der Waals surface area contributed by atoms with Gasteiger partial charge >= 0.3 is 5.97 Å². The fourth-order valence-corrected chi connectivity index (χ4v) is 11.9. The van der Waals surface area contributed by atoms with Crippen LogP contribution in [0.15, 0.2) is 96.0 Å². The number of ether oxygens (including phenoxy) is 1. The fraction of sp³-hybridized carbons (Fsp3) is 0.382. The molecule has 3 amide bonds. The van der Waals surface area contributed by atoms with Gasteiger partial charge in [0, 0.05) is 34.2 Å². The van der Waals surface area contributed by atoms with Gasteiger partial charge in [-0.05, 0) is 98.5 Å². The smallest absolute Gasteiger partial charge is 0.308 e. The van der Waals surface area contributed by atoms with Gasteiger partial charge in [0.2, 0.25) is 17.7 Å². The van der Waals surface area contributed by atoms with Crippen molar-refractivity contribution in [2.45, 2.75) is 98.7 Å². The van der Waals surface area contributed by atoms with E-state index in [9.17, 15) is 19.2 Å². The topological polar surface area (TPSA) is 161 Å². The van der Waals surface area contributed by atoms with Crippen LogP contribution in [0.3, 0.4) is 0 Å². The number of carbonyl (C=O) groups is 4. The van der Waals surface area contributed by atoms with Crippen LogP contribution in [0.4, 0.5) is 0 Å². The van der Waals surface area contributed by atoms with E-state index in [-0.39, 0.29) is 47.9 Å². The number of nitrogens with zero attached hydrogens (tertiary/aromatic N) is 6. The van der Waals surface area contributed by atoms with Gasteiger partial charge in [-0.2, -0.15) is 0 Å². The van der Waals surface area contributed by atoms with E-state index in [1.807, 2.05) is 69.0 Å². The molecule has 2 N–H and O–H groups in total. The molecule has 4 aliphatic rings. The number of aliphatic imine (C=N–C) groups is 1. The zero-order valence-electron chi connectivity index (χ0n) is 41.0. The Morgan fingerprint density at radius 2 is 1.69 bits per heavy atom. The first kappa shape index (κ1) is 48.4. The number of fused-ring (bicyclic) bond motifs is 3. The number of likely N-dealkylation sites (tertiary alicyclic amines) is 1. The summed E-state index contributed by atoms with van der Waals surface area (Å²) in [5.74, 6) is 0.209. The lowest BCUT2D eigenvalue weighted by Crippen LogP contribution is -2.58. The second kappa shape index (κ2) is 19.7. The van der Waals surface area contributed by atoms with Crippen LogP contribution in [-0.4, -0.2) is 79.8 Å². The van der Waals surface area contributed by atoms with Crippen molar-refractivity contribution in [2.75, 3.05) is 13.7 Å². The average molecular weight is 977 g/mol. The molecule has 362 valence electrons. The fourth-order valence-electron chi connectivity index (χ4n) is 9.85. The molecule has 13 nitrogen and oxygen atoms in total. The molecule has 2 aliphatic heterocycles. The molecule has 0 radical (unpaired) electrons. The van der Waals surface area contributed by atoms with Crippen LogP contribution in [-0.2, 0) is 23.9 Å². The minimum Gasteiger partial charge on any atom is -0.469 e. The van der Waals surface area contributed by atoms with Crippen LogP contribution in [0.2, 0.25) is 0 Å². The normalized spacial score (nSPS) is 20.9. The van der Waals surface area contributed by atoms with Gasteiger partial charge in [-0.25, -0.2) is 4.98 Å². The predicted molar refractivity (Wildman–Crippen MR) is 276 cm³/mol. The van der Waals surface area contributed by atoms with E-state index in [4.69, 9.17) is 9.73 Å². The molecule has 6 atom stereocenters. The number of benzene rings is 2. The highest BCUT2D eigenvalue weighted by Crippen LogP contribution is 2.47. The zero-order chi connectivity index (χ0) is 49.6. The van der Waals surface area contributed by atoms with Crippen molar-refractivity contribution >= 4 is 63.3 Å². The van der Waals surface area contributed by atoms with E-state index < -0.39 is 23.5 Å². The number of nitrogens with one attached hydrogen (secondary N) is 2. The van der Waals surface area contributed by atoms with E-state index in [2.05, 4.69) is 101 Å². The van der Waals surface area contributed by atoms with Crippen LogP contribution >= 0.6 is 22.7 Å². The lowest BCUT2D eigenvalue weighted by molar-refractivity contribution is -0.144. The highest BCUT2D eigenvalue weighted by molar-refractivity contribution is 7.15. The molecule has 2 fully saturated rings. The highest BCUT2D eigenvalue weighted by atomic mass is 32.1. The standard InChI is InChI=1S/C55H60N8O5S2/c1-10-55(7,8)49(53(67)62-26-12-15-44(62)52(66)57-31(3)35-16-24-40(25-17-35)48-32(4)56-29-69-48)59-51(65)42-27-41(42)38-14-11-13-36(18-21-38)37-19-22-39(23-20-37)47-46-30(2)33(5)70-54(46)63-34(6)60-61-50(63)43(58-47)28-45(64)68-9/h11,13-14,16-25,29,38,41-44,49H,3,10,12,15,26-28H2,1-2,4-9H3,(H,57,66)(H,59,65). The van der Waals surface area contributed by atoms with E-state index in [1.165, 1.54) is 12.0 Å². The van der Waals surface area contributed by atoms with Gasteiger partial charge in [0.1, 0.15) is 29.0 Å². The van der Waals surface area contributed by atoms with E-state index >= 15 is 0 Å². The van der Waals surface area contributed by atoms with Gasteiger partial charge < -0.3 is 20.3 Å². The monoisotopic (exact) mass is 976 g/mol. The molecule has 1 saturated carbocycles. The lowest BCUT2D eigenvalue weighted by Gasteiger charge is -2.37. The molecule has 2 aromatic carbocycles. The number of rotatable bonds is 14. The maximum absolute atomic E-state index is 14.5. The number of hydrogen-bond acceptors (Lipinski definition) is 11. The molecule has 1 saturated heterocycles. The zero-order valence-corrected chi connectivity index (χ0v) is 42.7. The summed E-state index contributed by atoms with van der Waals surface area (Å²) in [6.07, 6.45) is 13.2. The summed E-state index contributed by atoms with van der Waals surface area (Å²) >= 11 is 3.25. The molecule has 6 unspecified atom stereocenters. The number of thiophene rings is 1. The maximum atomic E-state index is 14.5. The first-order valence-corrected chi connectivity index (χ1v) is 25.7. The van der Waals surface area contributed by atoms with Gasteiger partial charge in [-0.1, -0.05) is 106 Å². The van der Waals surface area contributed by atoms with E-state index in [0.29, 0.717) is 43.7 Å². The predicted octanol–water partition coefficient (Wildman–Crippen LogP) is 9.60. The first-order chi connectivity index (χ1) is 33.6. The number of aromatic nitrogens is 4. The molecule has 5 heterocycles. The van der Waals surface area contributed by atoms with Crippen LogP contribution in [0, 0.1) is 50.9 Å². The van der Waals surface area contributed by atoms with Crippen molar-refractivity contribution in [3.8, 4) is 15.4 Å². The van der Waals surface area contributed by atoms with E-state index in [0.717, 1.165) is 66.1 Å². The molecular formula is C55H60N8O5S2. The number of carbonyl (C=O) groups excluding carboxylic acids is 4. The van der Waals surface area contributed by atoms with Gasteiger partial charge in [-0.15, -0.1) is 32.9 Å². The third-order valence-corrected chi connectivity index (χ3v) is 16.8. The highest BCUT2D eigenvalue weighted by Gasteiger charge is 2.49. The van der Waals surface area contributed by atoms with Crippen LogP contribution in [0.1, 0.15) is 109 Å². The average Bonchev–Trinajstić information content (AvgIpc) is 3.51. The molecule has 15 heteroatoms. The van der Waals surface area contributed by atoms with Crippen molar-refractivity contribution in [1.82, 2.24) is 35.3 Å². The molecule has 2 aliphatic carbocycles. The number of thiazole rings is 1. The number of hydrogen-bond donors (Lipinski definition) is 2. The minimum absolute atomic E-state index is 0.0320. The molecule has 70 heavy (non-hydrogen) atoms. The minimum atomic E-state index is -0.798. The summed E-state index contributed by atoms with van der Waals surface area (Å²) in [7, 11) is 1.38. The summed E-state index contributed by atoms with van der Waals surface area (Å²) in [6, 6.07) is 14.2. The summed E-state index contributed by atoms with van der Waals surface area (Å²) in [6.45, 7) is 18.7. The van der Waals surface area contributed by atoms with Crippen molar-refractivity contribution in [1.29, 1.82) is 0 Å². The SMILES string of the molecule is C=C(NC(=O)C1CCCN1C(=O)C(NC(=O)C1CC1C1C=CC=C(c2ccc(C3=NC(CC(=O)OC)c4nnc(C)n4-c4sc(C)c(C)c43)cc2)C=C1)C(C)(C)CC)c1ccc(-c2scnc2C)cc1. The maximum Gasteiger partial charge on any atom is 0.308 e. The van der Waals surface area contributed by atoms with Crippen molar-refractivity contribution in [2.24, 2.45) is 28.2 Å². The molecule has 0 spiro atoms. The molecule has 0 bridgehead atoms. The Bertz CT molecular complexity index is 3010. The second-order valence-electron chi connectivity index (χ2n) is 19.5. The Hall–Kier alpha value is -6.58. The lowest BCUT2D eigenvalue weighted by atomic mass is 9.80. The summed E-state index contributed by atoms with van der Waals surface area (Å²) in [5, 5.41) is 16.0. The summed E-state index contributed by atoms with van der Waals surface area (Å²) in [4.78, 5) is 68.6. The summed E-state index contributed by atoms with van der Waals surface area (Å²) < 4.78 is 7.09. The van der Waals surface area contributed by atoms with Crippen molar-refractivity contribution < 1.29 is 23.9 Å². The Labute approximate surface area is 417 Å². The first-order valence-electron chi connectivity index (χ1n) is 24.0. The number of allylic oxidation sites excluding steroid dienone is 6. The largest absolute Gasteiger partial charge is 0.469 e. The van der Waals surface area contributed by atoms with Gasteiger partial charge in [0.15, 0.2) is 5.82 Å². The Balaban J connectivity index is 0.850. The Morgan fingerprint density at radius 3 is 2.39 bits per heavy atom. The number of esters is 1. The summed E-state index contributed by atoms with van der Waals surface area (Å²) in [5.41, 5.74) is 10.5. The van der Waals surface area contributed by atoms with Crippen LogP contribution in [0.5, 0.6) is 0 Å². The molecule has 9 rings (SSSR count). The molecule has 3 aromatic heterocycles. The molecule has 5 aromatic rings. The van der Waals surface area contributed by atoms with Crippen LogP contribution in [0.25, 0.3) is 26.7 Å². The molecular weight excluding hydrogens is 917 g/mol. The number of amides is 3. The quantitative estimate of drug-likeness (QED) is 0.104. The second-order valence-corrected chi connectivity index (χ2v) is 21.5. The van der Waals surface area contributed by atoms with Crippen molar-refractivity contribution in [3.05, 3.63) is 141 Å². The third kappa shape index (κ3) is 9.40. The third-order valence-electron chi connectivity index (χ3n) is 14.7. The Morgan fingerprint density at radius 1 is 0.957 bits per heavy atom. The van der Waals surface area contributed by atoms with Gasteiger partial charge in [0.05, 0.1) is 35.3 Å². The van der Waals surface area contributed by atoms with Gasteiger partial charge in [0.25, 0.3) is 0 Å².